The van der Waals surface area contributed by atoms with Crippen LogP contribution in [0.4, 0.5) is 0 Å². The Hall–Kier alpha value is 1.66. The van der Waals surface area contributed by atoms with Gasteiger partial charge in [0.1, 0.15) is 0 Å². The number of rotatable bonds is 17. The van der Waals surface area contributed by atoms with Crippen LogP contribution in [0, 0.1) is 0 Å². The summed E-state index contributed by atoms with van der Waals surface area (Å²) in [7, 11) is 0. The van der Waals surface area contributed by atoms with Crippen molar-refractivity contribution in [2.24, 2.45) is 0 Å². The monoisotopic (exact) mass is 384 g/mol. The molecule has 0 radical (unpaired) electrons. The van der Waals surface area contributed by atoms with Crippen molar-refractivity contribution in [1.29, 1.82) is 0 Å². The minimum Gasteiger partial charge on any atom is -0.422 e. The van der Waals surface area contributed by atoms with Gasteiger partial charge in [0.15, 0.2) is 0 Å². The minimum atomic E-state index is 0. The van der Waals surface area contributed by atoms with E-state index in [4.69, 9.17) is 24.8 Å². The van der Waals surface area contributed by atoms with E-state index in [1.165, 1.54) is 103 Å². The van der Waals surface area contributed by atoms with E-state index >= 15 is 0 Å². The van der Waals surface area contributed by atoms with Gasteiger partial charge in [0, 0.05) is 0 Å². The van der Waals surface area contributed by atoms with Crippen LogP contribution in [-0.4, -0.2) is 9.28 Å². The number of thioether (sulfide) groups is 1. The van der Waals surface area contributed by atoms with Gasteiger partial charge in [0.2, 0.25) is 0 Å². The zero-order chi connectivity index (χ0) is 16.3. The summed E-state index contributed by atoms with van der Waals surface area (Å²) in [5, 5.41) is 0. The number of unbranched alkanes of at least 4 members (excludes halogenated alkanes) is 15. The van der Waals surface area contributed by atoms with Crippen LogP contribution in [0.5, 0.6) is 0 Å². The molecule has 0 aliphatic carbocycles. The average Bonchev–Trinajstić information content (AvgIpc) is 2.50. The zero-order valence-corrected chi connectivity index (χ0v) is 20.2. The molecule has 0 atom stereocenters. The van der Waals surface area contributed by atoms with Crippen molar-refractivity contribution in [3.05, 3.63) is 0 Å². The molecular weight excluding hydrogens is 347 g/mol. The van der Waals surface area contributed by atoms with E-state index in [0.717, 1.165) is 5.75 Å². The molecule has 23 heavy (non-hydrogen) atoms. The van der Waals surface area contributed by atoms with E-state index in [0.29, 0.717) is 3.53 Å². The predicted octanol–water partition coefficient (Wildman–Crippen LogP) is 4.82. The fraction of sp³-hybridized carbons (Fsp3) is 0.947. The van der Waals surface area contributed by atoms with Crippen molar-refractivity contribution in [3.8, 4) is 0 Å². The van der Waals surface area contributed by atoms with E-state index in [1.807, 2.05) is 0 Å². The van der Waals surface area contributed by atoms with Crippen LogP contribution in [0.25, 0.3) is 0 Å². The summed E-state index contributed by atoms with van der Waals surface area (Å²) >= 11 is 11.4. The van der Waals surface area contributed by atoms with E-state index in [2.05, 4.69) is 6.92 Å². The molecule has 0 fully saturated rings. The third-order valence-electron chi connectivity index (χ3n) is 4.22. The maximum atomic E-state index is 4.88. The molecule has 0 rings (SSSR count). The van der Waals surface area contributed by atoms with Crippen molar-refractivity contribution in [2.75, 3.05) is 5.75 Å². The first-order valence-electron chi connectivity index (χ1n) is 9.61. The fourth-order valence-corrected chi connectivity index (χ4v) is 3.82. The Bertz CT molecular complexity index is 235. The second-order valence-electron chi connectivity index (χ2n) is 6.40. The summed E-state index contributed by atoms with van der Waals surface area (Å²) in [5.74, 6) is 1.13. The van der Waals surface area contributed by atoms with Gasteiger partial charge in [0.25, 0.3) is 0 Å². The minimum absolute atomic E-state index is 0. The second-order valence-corrected chi connectivity index (χ2v) is 9.10. The molecule has 0 amide bonds. The Morgan fingerprint density at radius 2 is 0.957 bits per heavy atom. The van der Waals surface area contributed by atoms with Gasteiger partial charge in [-0.25, -0.2) is 0 Å². The molecule has 0 aliphatic rings. The maximum absolute atomic E-state index is 4.88. The van der Waals surface area contributed by atoms with E-state index in [1.54, 1.807) is 11.8 Å². The third-order valence-corrected chi connectivity index (χ3v) is 5.65. The Balaban J connectivity index is 0. The van der Waals surface area contributed by atoms with Crippen LogP contribution in [-0.2, 0) is 12.6 Å². The van der Waals surface area contributed by atoms with E-state index in [9.17, 15) is 0 Å². The van der Waals surface area contributed by atoms with Gasteiger partial charge in [-0.05, 0) is 12.2 Å². The molecule has 0 nitrogen and oxygen atoms in total. The van der Waals surface area contributed by atoms with Crippen molar-refractivity contribution in [3.63, 3.8) is 0 Å². The van der Waals surface area contributed by atoms with Gasteiger partial charge in [-0.3, -0.25) is 0 Å². The summed E-state index contributed by atoms with van der Waals surface area (Å²) in [6.45, 7) is 2.29. The summed E-state index contributed by atoms with van der Waals surface area (Å²) < 4.78 is 0.681. The number of hydrogen-bond donors (Lipinski definition) is 0. The Labute approximate surface area is 183 Å². The Morgan fingerprint density at radius 3 is 1.26 bits per heavy atom. The molecule has 0 unspecified atom stereocenters. The SMILES string of the molecule is CCCCCCCCCCCCCCCCCCSC(=S)[S-].[Na+]. The van der Waals surface area contributed by atoms with Gasteiger partial charge >= 0.3 is 29.6 Å². The van der Waals surface area contributed by atoms with Gasteiger partial charge in [-0.15, -0.1) is 11.8 Å². The van der Waals surface area contributed by atoms with Crippen LogP contribution in [0.3, 0.4) is 0 Å². The molecule has 0 aliphatic heterocycles. The van der Waals surface area contributed by atoms with Crippen molar-refractivity contribution in [1.82, 2.24) is 0 Å². The second kappa shape index (κ2) is 23.7. The molecule has 0 N–H and O–H groups in total. The largest absolute Gasteiger partial charge is 1.00 e. The molecule has 0 heterocycles. The standard InChI is InChI=1S/C19H38S3.Na/c1-2-3-4-5-6-7-8-9-10-11-12-13-14-15-16-17-18-22-19(20)21;/h2-18H2,1H3,(H,20,21);/q;+1/p-1. The zero-order valence-electron chi connectivity index (χ0n) is 15.7. The van der Waals surface area contributed by atoms with Crippen molar-refractivity contribution in [2.45, 2.75) is 110 Å². The molecule has 0 aromatic carbocycles. The Morgan fingerprint density at radius 1 is 0.652 bits per heavy atom. The normalized spacial score (nSPS) is 10.5. The van der Waals surface area contributed by atoms with Gasteiger partial charge in [0.05, 0.1) is 0 Å². The van der Waals surface area contributed by atoms with Crippen LogP contribution < -0.4 is 29.6 Å². The van der Waals surface area contributed by atoms with Gasteiger partial charge in [-0.2, -0.15) is 0 Å². The first-order valence-corrected chi connectivity index (χ1v) is 11.4. The topological polar surface area (TPSA) is 0 Å². The summed E-state index contributed by atoms with van der Waals surface area (Å²) in [4.78, 5) is 0. The first-order chi connectivity index (χ1) is 10.8. The molecule has 0 aromatic rings. The number of thiocarbonyl (C=S) groups is 1. The van der Waals surface area contributed by atoms with Crippen LogP contribution in [0.15, 0.2) is 0 Å². The van der Waals surface area contributed by atoms with Gasteiger partial charge in [-0.1, -0.05) is 107 Å². The molecule has 4 heteroatoms. The van der Waals surface area contributed by atoms with Crippen LogP contribution >= 0.6 is 24.0 Å². The maximum Gasteiger partial charge on any atom is 1.00 e. The fourth-order valence-electron chi connectivity index (χ4n) is 2.81. The van der Waals surface area contributed by atoms with Crippen LogP contribution in [0.1, 0.15) is 110 Å². The van der Waals surface area contributed by atoms with Gasteiger partial charge < -0.3 is 24.8 Å². The summed E-state index contributed by atoms with van der Waals surface area (Å²) in [5.41, 5.74) is 0. The van der Waals surface area contributed by atoms with E-state index in [-0.39, 0.29) is 29.6 Å². The van der Waals surface area contributed by atoms with Crippen molar-refractivity contribution < 1.29 is 29.6 Å². The Kier molecular flexibility index (Phi) is 27.7. The third kappa shape index (κ3) is 26.0. The molecular formula is C19H37NaS3. The first kappa shape index (κ1) is 26.9. The molecule has 0 saturated carbocycles. The van der Waals surface area contributed by atoms with E-state index < -0.39 is 0 Å². The molecule has 0 aromatic heterocycles. The average molecular weight is 385 g/mol. The molecule has 0 saturated heterocycles. The molecule has 0 spiro atoms. The smallest absolute Gasteiger partial charge is 0.422 e. The molecule has 132 valence electrons. The molecule has 0 bridgehead atoms. The summed E-state index contributed by atoms with van der Waals surface area (Å²) in [6.07, 6.45) is 22.8. The summed E-state index contributed by atoms with van der Waals surface area (Å²) in [6, 6.07) is 0. The van der Waals surface area contributed by atoms with Crippen LogP contribution in [0.2, 0.25) is 0 Å². The quantitative estimate of drug-likeness (QED) is 0.153. The predicted molar refractivity (Wildman–Crippen MR) is 112 cm³/mol. The van der Waals surface area contributed by atoms with Crippen molar-refractivity contribution >= 4 is 40.1 Å². The number of hydrogen-bond acceptors (Lipinski definition) is 3.